The lowest BCUT2D eigenvalue weighted by atomic mass is 10.1. The number of nitrogens with zero attached hydrogens (tertiary/aromatic N) is 1. The smallest absolute Gasteiger partial charge is 0.261 e. The van der Waals surface area contributed by atoms with Crippen molar-refractivity contribution in [3.63, 3.8) is 0 Å². The third kappa shape index (κ3) is 4.15. The zero-order chi connectivity index (χ0) is 19.4. The van der Waals surface area contributed by atoms with E-state index in [1.807, 2.05) is 0 Å². The molecule has 0 aliphatic carbocycles. The van der Waals surface area contributed by atoms with E-state index in [1.165, 1.54) is 26.4 Å². The lowest BCUT2D eigenvalue weighted by Crippen LogP contribution is -2.14. The largest absolute Gasteiger partial charge is 0.495 e. The molecule has 0 bridgehead atoms. The Morgan fingerprint density at radius 2 is 1.70 bits per heavy atom. The first-order chi connectivity index (χ1) is 12.9. The Balaban J connectivity index is 2.08. The van der Waals surface area contributed by atoms with Gasteiger partial charge in [-0.3, -0.25) is 4.72 Å². The fourth-order valence-electron chi connectivity index (χ4n) is 2.47. The van der Waals surface area contributed by atoms with E-state index >= 15 is 0 Å². The molecule has 0 amide bonds. The van der Waals surface area contributed by atoms with Crippen LogP contribution in [0.5, 0.6) is 11.6 Å². The minimum Gasteiger partial charge on any atom is -0.495 e. The number of sulfonamides is 1. The van der Waals surface area contributed by atoms with E-state index in [2.05, 4.69) is 9.71 Å². The van der Waals surface area contributed by atoms with Gasteiger partial charge < -0.3 is 9.47 Å². The summed E-state index contributed by atoms with van der Waals surface area (Å²) >= 11 is 6.21. The number of hydrogen-bond donors (Lipinski definition) is 1. The summed E-state index contributed by atoms with van der Waals surface area (Å²) in [7, 11) is -0.770. The average Bonchev–Trinajstić information content (AvgIpc) is 2.68. The number of nitrogens with one attached hydrogen (secondary N) is 1. The molecule has 0 radical (unpaired) electrons. The molecular formula is C19H17ClN2O4S. The van der Waals surface area contributed by atoms with Crippen molar-refractivity contribution in [2.75, 3.05) is 18.9 Å². The summed E-state index contributed by atoms with van der Waals surface area (Å²) in [6.45, 7) is 0. The Morgan fingerprint density at radius 3 is 2.33 bits per heavy atom. The number of ether oxygens (including phenoxy) is 2. The molecule has 0 fully saturated rings. The Bertz CT molecular complexity index is 1060. The number of rotatable bonds is 6. The van der Waals surface area contributed by atoms with Crippen LogP contribution in [0.1, 0.15) is 0 Å². The number of benzene rings is 2. The van der Waals surface area contributed by atoms with Crippen LogP contribution in [0.25, 0.3) is 11.3 Å². The van der Waals surface area contributed by atoms with Crippen LogP contribution in [0.4, 0.5) is 5.69 Å². The summed E-state index contributed by atoms with van der Waals surface area (Å²) in [5.74, 6) is 0.856. The van der Waals surface area contributed by atoms with Crippen LogP contribution >= 0.6 is 11.6 Å². The van der Waals surface area contributed by atoms with Crippen molar-refractivity contribution in [2.45, 2.75) is 4.90 Å². The molecule has 1 N–H and O–H groups in total. The lowest BCUT2D eigenvalue weighted by molar-refractivity contribution is 0.398. The van der Waals surface area contributed by atoms with Gasteiger partial charge in [-0.05, 0) is 36.4 Å². The van der Waals surface area contributed by atoms with Gasteiger partial charge in [0.15, 0.2) is 0 Å². The topological polar surface area (TPSA) is 77.5 Å². The Morgan fingerprint density at radius 1 is 0.963 bits per heavy atom. The number of halogens is 1. The summed E-state index contributed by atoms with van der Waals surface area (Å²) in [6.07, 6.45) is 0. The fourth-order valence-corrected chi connectivity index (χ4v) is 3.82. The highest BCUT2D eigenvalue weighted by atomic mass is 35.5. The van der Waals surface area contributed by atoms with Gasteiger partial charge in [0.1, 0.15) is 5.75 Å². The van der Waals surface area contributed by atoms with Gasteiger partial charge in [0.25, 0.3) is 10.0 Å². The first-order valence-electron chi connectivity index (χ1n) is 7.91. The molecule has 140 valence electrons. The van der Waals surface area contributed by atoms with E-state index < -0.39 is 10.0 Å². The zero-order valence-corrected chi connectivity index (χ0v) is 16.2. The number of aromatic nitrogens is 1. The van der Waals surface area contributed by atoms with Gasteiger partial charge in [0, 0.05) is 11.6 Å². The van der Waals surface area contributed by atoms with Crippen LogP contribution in [-0.4, -0.2) is 27.6 Å². The van der Waals surface area contributed by atoms with E-state index in [9.17, 15) is 8.42 Å². The quantitative estimate of drug-likeness (QED) is 0.665. The maximum absolute atomic E-state index is 12.7. The number of methoxy groups -OCH3 is 2. The normalized spacial score (nSPS) is 11.1. The number of hydrogen-bond acceptors (Lipinski definition) is 5. The highest BCUT2D eigenvalue weighted by molar-refractivity contribution is 7.92. The first-order valence-corrected chi connectivity index (χ1v) is 9.77. The molecule has 0 spiro atoms. The van der Waals surface area contributed by atoms with Crippen molar-refractivity contribution in [3.05, 3.63) is 65.7 Å². The minimum atomic E-state index is -3.77. The third-order valence-corrected chi connectivity index (χ3v) is 5.48. The zero-order valence-electron chi connectivity index (χ0n) is 14.6. The second kappa shape index (κ2) is 7.85. The van der Waals surface area contributed by atoms with Gasteiger partial charge in [-0.25, -0.2) is 13.4 Å². The molecule has 0 aliphatic heterocycles. The van der Waals surface area contributed by atoms with Crippen molar-refractivity contribution in [1.82, 2.24) is 4.98 Å². The van der Waals surface area contributed by atoms with Gasteiger partial charge in [-0.15, -0.1) is 0 Å². The van der Waals surface area contributed by atoms with E-state index in [0.717, 1.165) is 0 Å². The van der Waals surface area contributed by atoms with Gasteiger partial charge in [0.2, 0.25) is 5.88 Å². The summed E-state index contributed by atoms with van der Waals surface area (Å²) < 4.78 is 38.3. The number of pyridine rings is 1. The summed E-state index contributed by atoms with van der Waals surface area (Å²) in [5, 5.41) is 0.386. The molecule has 1 aromatic heterocycles. The fraction of sp³-hybridized carbons (Fsp3) is 0.105. The minimum absolute atomic E-state index is 0.152. The first kappa shape index (κ1) is 19.0. The average molecular weight is 405 g/mol. The molecule has 3 rings (SSSR count). The monoisotopic (exact) mass is 404 g/mol. The molecule has 0 saturated carbocycles. The summed E-state index contributed by atoms with van der Waals surface area (Å²) in [6, 6.07) is 16.4. The molecule has 3 aromatic rings. The van der Waals surface area contributed by atoms with Crippen LogP contribution in [0, 0.1) is 0 Å². The molecular weight excluding hydrogens is 388 g/mol. The van der Waals surface area contributed by atoms with E-state index in [0.29, 0.717) is 33.6 Å². The summed E-state index contributed by atoms with van der Waals surface area (Å²) in [4.78, 5) is 4.54. The van der Waals surface area contributed by atoms with Crippen LogP contribution in [0.2, 0.25) is 5.02 Å². The number of anilines is 1. The second-order valence-corrected chi connectivity index (χ2v) is 7.61. The van der Waals surface area contributed by atoms with E-state index in [-0.39, 0.29) is 4.90 Å². The highest BCUT2D eigenvalue weighted by Gasteiger charge is 2.18. The molecule has 0 atom stereocenters. The molecule has 0 unspecified atom stereocenters. The maximum atomic E-state index is 12.7. The van der Waals surface area contributed by atoms with Crippen molar-refractivity contribution in [1.29, 1.82) is 0 Å². The third-order valence-electron chi connectivity index (χ3n) is 3.80. The molecule has 27 heavy (non-hydrogen) atoms. The Kier molecular flexibility index (Phi) is 5.53. The van der Waals surface area contributed by atoms with Crippen molar-refractivity contribution >= 4 is 27.3 Å². The maximum Gasteiger partial charge on any atom is 0.261 e. The van der Waals surface area contributed by atoms with Gasteiger partial charge in [0.05, 0.1) is 35.5 Å². The van der Waals surface area contributed by atoms with Gasteiger partial charge in [-0.1, -0.05) is 29.8 Å². The van der Waals surface area contributed by atoms with Crippen molar-refractivity contribution in [2.24, 2.45) is 0 Å². The standard InChI is InChI=1S/C19H17ClN2O4S/c1-25-17-10-8-13(12-15(17)20)19-16(9-11-18(21-19)26-2)22-27(23,24)14-6-4-3-5-7-14/h3-12,22H,1-2H3. The molecule has 8 heteroatoms. The molecule has 0 aliphatic rings. The predicted molar refractivity (Wildman–Crippen MR) is 105 cm³/mol. The lowest BCUT2D eigenvalue weighted by Gasteiger charge is -2.14. The molecule has 2 aromatic carbocycles. The van der Waals surface area contributed by atoms with Crippen LogP contribution in [0.3, 0.4) is 0 Å². The van der Waals surface area contributed by atoms with Crippen LogP contribution in [0.15, 0.2) is 65.6 Å². The molecule has 6 nitrogen and oxygen atoms in total. The summed E-state index contributed by atoms with van der Waals surface area (Å²) in [5.41, 5.74) is 1.31. The predicted octanol–water partition coefficient (Wildman–Crippen LogP) is 4.22. The van der Waals surface area contributed by atoms with Crippen LogP contribution in [-0.2, 0) is 10.0 Å². The van der Waals surface area contributed by atoms with Crippen molar-refractivity contribution < 1.29 is 17.9 Å². The van der Waals surface area contributed by atoms with Crippen LogP contribution < -0.4 is 14.2 Å². The highest BCUT2D eigenvalue weighted by Crippen LogP contribution is 2.34. The Hall–Kier alpha value is -2.77. The molecule has 0 saturated heterocycles. The van der Waals surface area contributed by atoms with Gasteiger partial charge in [-0.2, -0.15) is 0 Å². The Labute approximate surface area is 162 Å². The van der Waals surface area contributed by atoms with Crippen molar-refractivity contribution in [3.8, 4) is 22.9 Å². The van der Waals surface area contributed by atoms with E-state index in [1.54, 1.807) is 48.5 Å². The van der Waals surface area contributed by atoms with E-state index in [4.69, 9.17) is 21.1 Å². The SMILES string of the molecule is COc1ccc(NS(=O)(=O)c2ccccc2)c(-c2ccc(OC)c(Cl)c2)n1. The second-order valence-electron chi connectivity index (χ2n) is 5.52. The van der Waals surface area contributed by atoms with Gasteiger partial charge >= 0.3 is 0 Å². The molecule has 1 heterocycles.